The Morgan fingerprint density at radius 3 is 1.00 bits per heavy atom. The van der Waals surface area contributed by atoms with Gasteiger partial charge in [0.15, 0.2) is 0 Å². The minimum absolute atomic E-state index is 0.242. The standard InChI is InChI=1S/C21H44N4O4/c26-20(27)10-8-14-24-18-16-22-12-6-4-2-1-3-5-7-13-23-17-19-25-15-9-11-21(28)29/h22-25H,1-19H2,(H,26,27)(H,28,29). The second kappa shape index (κ2) is 23.1. The molecule has 6 N–H and O–H groups in total. The molecule has 0 aliphatic carbocycles. The van der Waals surface area contributed by atoms with Crippen LogP contribution in [0.25, 0.3) is 0 Å². The molecule has 0 atom stereocenters. The first-order chi connectivity index (χ1) is 14.1. The lowest BCUT2D eigenvalue weighted by molar-refractivity contribution is -0.138. The molecule has 172 valence electrons. The molecule has 0 aliphatic heterocycles. The van der Waals surface area contributed by atoms with E-state index >= 15 is 0 Å². The first kappa shape index (κ1) is 27.8. The van der Waals surface area contributed by atoms with Crippen molar-refractivity contribution >= 4 is 11.9 Å². The van der Waals surface area contributed by atoms with Gasteiger partial charge in [0.2, 0.25) is 0 Å². The first-order valence-electron chi connectivity index (χ1n) is 11.4. The summed E-state index contributed by atoms with van der Waals surface area (Å²) >= 11 is 0. The van der Waals surface area contributed by atoms with Crippen LogP contribution in [0.5, 0.6) is 0 Å². The molecule has 0 radical (unpaired) electrons. The topological polar surface area (TPSA) is 123 Å². The Balaban J connectivity index is 3.01. The van der Waals surface area contributed by atoms with Gasteiger partial charge in [-0.15, -0.1) is 0 Å². The zero-order valence-corrected chi connectivity index (χ0v) is 18.1. The molecule has 29 heavy (non-hydrogen) atoms. The van der Waals surface area contributed by atoms with Gasteiger partial charge in [-0.25, -0.2) is 0 Å². The maximum Gasteiger partial charge on any atom is 0.303 e. The Bertz CT molecular complexity index is 350. The molecule has 0 aromatic rings. The number of unbranched alkanes of at least 4 members (excludes halogenated alkanes) is 6. The lowest BCUT2D eigenvalue weighted by atomic mass is 10.1. The van der Waals surface area contributed by atoms with Crippen LogP contribution in [0, 0.1) is 0 Å². The fourth-order valence-electron chi connectivity index (χ4n) is 2.97. The molecule has 0 aliphatic rings. The van der Waals surface area contributed by atoms with Crippen LogP contribution in [0.2, 0.25) is 0 Å². The molecule has 0 fully saturated rings. The Labute approximate surface area is 176 Å². The Kier molecular flexibility index (Phi) is 22.1. The number of nitrogens with one attached hydrogen (secondary N) is 4. The summed E-state index contributed by atoms with van der Waals surface area (Å²) in [7, 11) is 0. The zero-order valence-electron chi connectivity index (χ0n) is 18.1. The molecule has 0 aromatic heterocycles. The smallest absolute Gasteiger partial charge is 0.303 e. The van der Waals surface area contributed by atoms with Gasteiger partial charge in [0, 0.05) is 39.0 Å². The van der Waals surface area contributed by atoms with E-state index in [1.807, 2.05) is 0 Å². The number of carbonyl (C=O) groups is 2. The summed E-state index contributed by atoms with van der Waals surface area (Å²) in [4.78, 5) is 20.7. The van der Waals surface area contributed by atoms with Crippen molar-refractivity contribution in [2.45, 2.75) is 70.6 Å². The number of carboxylic acid groups (broad SMARTS) is 2. The summed E-state index contributed by atoms with van der Waals surface area (Å²) in [5, 5.41) is 30.4. The van der Waals surface area contributed by atoms with Gasteiger partial charge >= 0.3 is 11.9 Å². The van der Waals surface area contributed by atoms with E-state index in [4.69, 9.17) is 10.2 Å². The van der Waals surface area contributed by atoms with Gasteiger partial charge in [-0.3, -0.25) is 9.59 Å². The molecular weight excluding hydrogens is 372 g/mol. The molecule has 0 amide bonds. The normalized spacial score (nSPS) is 11.0. The van der Waals surface area contributed by atoms with Crippen molar-refractivity contribution in [2.75, 3.05) is 52.4 Å². The monoisotopic (exact) mass is 416 g/mol. The third kappa shape index (κ3) is 26.8. The van der Waals surface area contributed by atoms with Crippen LogP contribution < -0.4 is 21.3 Å². The zero-order chi connectivity index (χ0) is 21.4. The van der Waals surface area contributed by atoms with Crippen LogP contribution in [0.1, 0.15) is 70.6 Å². The fraction of sp³-hybridized carbons (Fsp3) is 0.905. The average molecular weight is 417 g/mol. The number of rotatable bonds is 24. The van der Waals surface area contributed by atoms with E-state index in [2.05, 4.69) is 21.3 Å². The van der Waals surface area contributed by atoms with Gasteiger partial charge in [0.1, 0.15) is 0 Å². The minimum atomic E-state index is -0.725. The maximum atomic E-state index is 10.4. The molecule has 0 bridgehead atoms. The molecule has 8 heteroatoms. The third-order valence-electron chi connectivity index (χ3n) is 4.65. The van der Waals surface area contributed by atoms with Crippen LogP contribution in [-0.4, -0.2) is 74.5 Å². The minimum Gasteiger partial charge on any atom is -0.481 e. The summed E-state index contributed by atoms with van der Waals surface area (Å²) < 4.78 is 0. The highest BCUT2D eigenvalue weighted by Gasteiger charge is 1.97. The highest BCUT2D eigenvalue weighted by Crippen LogP contribution is 2.06. The van der Waals surface area contributed by atoms with E-state index in [0.29, 0.717) is 12.8 Å². The third-order valence-corrected chi connectivity index (χ3v) is 4.65. The van der Waals surface area contributed by atoms with Gasteiger partial charge in [-0.05, 0) is 51.9 Å². The number of aliphatic carboxylic acids is 2. The van der Waals surface area contributed by atoms with Crippen molar-refractivity contribution < 1.29 is 19.8 Å². The molecule has 0 spiro atoms. The second-order valence-corrected chi connectivity index (χ2v) is 7.47. The number of hydrogen-bond acceptors (Lipinski definition) is 6. The number of carboxylic acids is 2. The Morgan fingerprint density at radius 2 is 0.690 bits per heavy atom. The van der Waals surface area contributed by atoms with Gasteiger partial charge in [-0.1, -0.05) is 32.1 Å². The number of hydrogen-bond donors (Lipinski definition) is 6. The lowest BCUT2D eigenvalue weighted by Gasteiger charge is -2.07. The summed E-state index contributed by atoms with van der Waals surface area (Å²) in [5.41, 5.74) is 0. The lowest BCUT2D eigenvalue weighted by Crippen LogP contribution is -2.28. The molecule has 0 unspecified atom stereocenters. The highest BCUT2D eigenvalue weighted by molar-refractivity contribution is 5.66. The van der Waals surface area contributed by atoms with Crippen molar-refractivity contribution in [1.29, 1.82) is 0 Å². The van der Waals surface area contributed by atoms with Crippen LogP contribution >= 0.6 is 0 Å². The van der Waals surface area contributed by atoms with Crippen LogP contribution in [0.4, 0.5) is 0 Å². The predicted octanol–water partition coefficient (Wildman–Crippen LogP) is 1.81. The van der Waals surface area contributed by atoms with Crippen molar-refractivity contribution in [3.05, 3.63) is 0 Å². The predicted molar refractivity (Wildman–Crippen MR) is 118 cm³/mol. The molecule has 0 heterocycles. The molecule has 8 nitrogen and oxygen atoms in total. The summed E-state index contributed by atoms with van der Waals surface area (Å²) in [5.74, 6) is -1.45. The van der Waals surface area contributed by atoms with E-state index in [1.54, 1.807) is 0 Å². The van der Waals surface area contributed by atoms with Crippen LogP contribution in [0.3, 0.4) is 0 Å². The molecule has 0 rings (SSSR count). The van der Waals surface area contributed by atoms with E-state index in [-0.39, 0.29) is 12.8 Å². The SMILES string of the molecule is O=C(O)CCCNCCNCCCCCCCCCNCCNCCCC(=O)O. The summed E-state index contributed by atoms with van der Waals surface area (Å²) in [6.07, 6.45) is 10.8. The van der Waals surface area contributed by atoms with Crippen molar-refractivity contribution in [2.24, 2.45) is 0 Å². The van der Waals surface area contributed by atoms with Crippen LogP contribution in [-0.2, 0) is 9.59 Å². The maximum absolute atomic E-state index is 10.4. The molecule has 0 saturated carbocycles. The molecule has 0 aromatic carbocycles. The highest BCUT2D eigenvalue weighted by atomic mass is 16.4. The van der Waals surface area contributed by atoms with Gasteiger partial charge in [0.05, 0.1) is 0 Å². The van der Waals surface area contributed by atoms with Crippen molar-refractivity contribution in [3.63, 3.8) is 0 Å². The van der Waals surface area contributed by atoms with E-state index in [1.165, 1.54) is 44.9 Å². The fourth-order valence-corrected chi connectivity index (χ4v) is 2.97. The molecular formula is C21H44N4O4. The van der Waals surface area contributed by atoms with E-state index in [9.17, 15) is 9.59 Å². The summed E-state index contributed by atoms with van der Waals surface area (Å²) in [6, 6.07) is 0. The van der Waals surface area contributed by atoms with Crippen molar-refractivity contribution in [1.82, 2.24) is 21.3 Å². The quantitative estimate of drug-likeness (QED) is 0.132. The van der Waals surface area contributed by atoms with E-state index in [0.717, 1.165) is 52.4 Å². The summed E-state index contributed by atoms with van der Waals surface area (Å²) in [6.45, 7) is 7.35. The first-order valence-corrected chi connectivity index (χ1v) is 11.4. The van der Waals surface area contributed by atoms with Crippen molar-refractivity contribution in [3.8, 4) is 0 Å². The Hall–Kier alpha value is -1.22. The molecule has 0 saturated heterocycles. The van der Waals surface area contributed by atoms with Crippen LogP contribution in [0.15, 0.2) is 0 Å². The largest absolute Gasteiger partial charge is 0.481 e. The average Bonchev–Trinajstić information content (AvgIpc) is 2.68. The van der Waals surface area contributed by atoms with Gasteiger partial charge < -0.3 is 31.5 Å². The van der Waals surface area contributed by atoms with Gasteiger partial charge in [0.25, 0.3) is 0 Å². The Morgan fingerprint density at radius 1 is 0.414 bits per heavy atom. The van der Waals surface area contributed by atoms with Gasteiger partial charge in [-0.2, -0.15) is 0 Å². The second-order valence-electron chi connectivity index (χ2n) is 7.47. The van der Waals surface area contributed by atoms with E-state index < -0.39 is 11.9 Å².